The van der Waals surface area contributed by atoms with Gasteiger partial charge in [0.05, 0.1) is 17.4 Å². The molecule has 5 aromatic rings. The Bertz CT molecular complexity index is 1640. The number of phenolic OH excluding ortho intramolecular Hbond substituents is 1. The van der Waals surface area contributed by atoms with Crippen molar-refractivity contribution in [1.29, 1.82) is 5.26 Å². The predicted octanol–water partition coefficient (Wildman–Crippen LogP) is 4.11. The van der Waals surface area contributed by atoms with Gasteiger partial charge in [0.2, 0.25) is 0 Å². The summed E-state index contributed by atoms with van der Waals surface area (Å²) in [4.78, 5) is 20.5. The summed E-state index contributed by atoms with van der Waals surface area (Å²) in [5.41, 5.74) is 15.1. The maximum absolute atomic E-state index is 12.5. The number of anilines is 3. The first kappa shape index (κ1) is 24.7. The van der Waals surface area contributed by atoms with Crippen molar-refractivity contribution in [3.63, 3.8) is 0 Å². The van der Waals surface area contributed by atoms with Crippen LogP contribution in [0.25, 0.3) is 16.7 Å². The highest BCUT2D eigenvalue weighted by molar-refractivity contribution is 6.12. The van der Waals surface area contributed by atoms with Crippen LogP contribution in [0, 0.1) is 25.2 Å². The highest BCUT2D eigenvalue weighted by atomic mass is 16.3. The first-order valence-electron chi connectivity index (χ1n) is 11.2. The largest absolute Gasteiger partial charge is 0.505 e. The lowest BCUT2D eigenvalue weighted by Crippen LogP contribution is -2.13. The number of phenols is 1. The fourth-order valence-corrected chi connectivity index (χ4v) is 3.69. The van der Waals surface area contributed by atoms with E-state index in [1.54, 1.807) is 24.5 Å². The van der Waals surface area contributed by atoms with Crippen molar-refractivity contribution in [2.75, 3.05) is 16.8 Å². The molecule has 0 spiro atoms. The number of aromatic hydroxyl groups is 1. The molecule has 0 fully saturated rings. The molecule has 0 atom stereocenters. The number of rotatable bonds is 3. The number of nitrogens with two attached hydrogens (primary N) is 2. The normalized spacial score (nSPS) is 10.3. The van der Waals surface area contributed by atoms with Crippen LogP contribution in [0.2, 0.25) is 0 Å². The number of fused-ring (bicyclic) bond motifs is 1. The number of nitrogen functional groups attached to an aromatic ring is 2. The molecule has 1 amide bonds. The number of carbonyl (C=O) groups is 1. The summed E-state index contributed by atoms with van der Waals surface area (Å²) < 4.78 is 1.32. The summed E-state index contributed by atoms with van der Waals surface area (Å²) in [6.07, 6.45) is 4.54. The average molecular weight is 493 g/mol. The SMILES string of the molecule is Cc1ccc(NC(=O)c2cc3ccccc3c(N)c2O)c(C)c1.N#Cc1cnn(-c2ncccn2)c1N. The molecule has 3 aromatic carbocycles. The second-order valence-corrected chi connectivity index (χ2v) is 8.20. The summed E-state index contributed by atoms with van der Waals surface area (Å²) in [5.74, 6) is 0.0306. The first-order chi connectivity index (χ1) is 17.8. The molecule has 0 bridgehead atoms. The molecule has 2 aromatic heterocycles. The summed E-state index contributed by atoms with van der Waals surface area (Å²) in [6.45, 7) is 3.92. The van der Waals surface area contributed by atoms with Gasteiger partial charge in [-0.25, -0.2) is 9.97 Å². The number of nitrogens with zero attached hydrogens (tertiary/aromatic N) is 5. The van der Waals surface area contributed by atoms with Crippen LogP contribution in [-0.4, -0.2) is 30.8 Å². The van der Waals surface area contributed by atoms with Gasteiger partial charge in [-0.2, -0.15) is 15.0 Å². The van der Waals surface area contributed by atoms with Crippen molar-refractivity contribution >= 4 is 33.9 Å². The molecular weight excluding hydrogens is 468 g/mol. The molecule has 5 rings (SSSR count). The standard InChI is InChI=1S/C19H18N2O2.C8H6N6/c1-11-7-8-16(12(2)9-11)21-19(23)15-10-13-5-3-4-6-14(13)17(20)18(15)22;9-4-6-5-13-14(7(6)10)8-11-2-1-3-12-8/h3-10,22H,20H2,1-2H3,(H,21,23);1-3,5H,10H2. The smallest absolute Gasteiger partial charge is 0.259 e. The van der Waals surface area contributed by atoms with E-state index in [1.807, 2.05) is 62.4 Å². The van der Waals surface area contributed by atoms with E-state index >= 15 is 0 Å². The minimum Gasteiger partial charge on any atom is -0.505 e. The van der Waals surface area contributed by atoms with Crippen LogP contribution in [0.1, 0.15) is 27.0 Å². The van der Waals surface area contributed by atoms with Crippen molar-refractivity contribution in [1.82, 2.24) is 19.7 Å². The number of benzene rings is 3. The third kappa shape index (κ3) is 5.16. The number of aromatic nitrogens is 4. The van der Waals surface area contributed by atoms with Crippen LogP contribution in [0.15, 0.2) is 73.2 Å². The van der Waals surface area contributed by atoms with Gasteiger partial charge in [-0.1, -0.05) is 42.0 Å². The van der Waals surface area contributed by atoms with Gasteiger partial charge in [0, 0.05) is 23.5 Å². The maximum Gasteiger partial charge on any atom is 0.259 e. The van der Waals surface area contributed by atoms with E-state index in [2.05, 4.69) is 20.4 Å². The monoisotopic (exact) mass is 492 g/mol. The molecule has 6 N–H and O–H groups in total. The van der Waals surface area contributed by atoms with Gasteiger partial charge in [0.25, 0.3) is 11.9 Å². The number of aryl methyl sites for hydroxylation is 2. The lowest BCUT2D eigenvalue weighted by Gasteiger charge is -2.13. The van der Waals surface area contributed by atoms with E-state index in [4.69, 9.17) is 16.7 Å². The highest BCUT2D eigenvalue weighted by Crippen LogP contribution is 2.34. The minimum atomic E-state index is -0.382. The van der Waals surface area contributed by atoms with E-state index in [1.165, 1.54) is 10.9 Å². The minimum absolute atomic E-state index is 0.168. The topological polar surface area (TPSA) is 169 Å². The fraction of sp³-hybridized carbons (Fsp3) is 0.0741. The molecule has 0 saturated carbocycles. The molecule has 0 unspecified atom stereocenters. The highest BCUT2D eigenvalue weighted by Gasteiger charge is 2.17. The number of nitriles is 1. The van der Waals surface area contributed by atoms with Gasteiger partial charge in [0.15, 0.2) is 5.75 Å². The molecule has 184 valence electrons. The van der Waals surface area contributed by atoms with Gasteiger partial charge >= 0.3 is 0 Å². The van der Waals surface area contributed by atoms with Crippen LogP contribution in [-0.2, 0) is 0 Å². The molecule has 0 aliphatic carbocycles. The van der Waals surface area contributed by atoms with Gasteiger partial charge < -0.3 is 21.9 Å². The van der Waals surface area contributed by atoms with Gasteiger partial charge in [-0.05, 0) is 43.0 Å². The Balaban J connectivity index is 0.000000195. The van der Waals surface area contributed by atoms with Crippen LogP contribution >= 0.6 is 0 Å². The summed E-state index contributed by atoms with van der Waals surface area (Å²) in [5, 5.41) is 27.2. The van der Waals surface area contributed by atoms with Crippen molar-refractivity contribution in [2.24, 2.45) is 0 Å². The molecule has 0 radical (unpaired) electrons. The van der Waals surface area contributed by atoms with Gasteiger partial charge in [0.1, 0.15) is 17.5 Å². The molecular formula is C27H24N8O2. The lowest BCUT2D eigenvalue weighted by atomic mass is 10.0. The van der Waals surface area contributed by atoms with Crippen molar-refractivity contribution in [3.05, 3.63) is 95.4 Å². The van der Waals surface area contributed by atoms with Crippen molar-refractivity contribution < 1.29 is 9.90 Å². The summed E-state index contributed by atoms with van der Waals surface area (Å²) in [6, 6.07) is 18.4. The van der Waals surface area contributed by atoms with Crippen LogP contribution in [0.5, 0.6) is 5.75 Å². The van der Waals surface area contributed by atoms with Crippen molar-refractivity contribution in [3.8, 4) is 17.8 Å². The van der Waals surface area contributed by atoms with Crippen molar-refractivity contribution in [2.45, 2.75) is 13.8 Å². The Labute approximate surface area is 212 Å². The van der Waals surface area contributed by atoms with E-state index in [-0.39, 0.29) is 28.7 Å². The lowest BCUT2D eigenvalue weighted by molar-refractivity contribution is 0.102. The van der Waals surface area contributed by atoms with Gasteiger partial charge in [-0.3, -0.25) is 4.79 Å². The summed E-state index contributed by atoms with van der Waals surface area (Å²) >= 11 is 0. The molecule has 10 heteroatoms. The zero-order chi connectivity index (χ0) is 26.5. The molecule has 2 heterocycles. The Hall–Kier alpha value is -5.43. The molecule has 37 heavy (non-hydrogen) atoms. The Morgan fingerprint density at radius 3 is 2.46 bits per heavy atom. The van der Waals surface area contributed by atoms with Crippen LogP contribution in [0.3, 0.4) is 0 Å². The maximum atomic E-state index is 12.5. The number of nitrogens with one attached hydrogen (secondary N) is 1. The molecule has 0 aliphatic heterocycles. The third-order valence-corrected chi connectivity index (χ3v) is 5.60. The van der Waals surface area contributed by atoms with E-state index in [9.17, 15) is 9.90 Å². The van der Waals surface area contributed by atoms with E-state index in [0.29, 0.717) is 17.2 Å². The Kier molecular flexibility index (Phi) is 6.97. The quantitative estimate of drug-likeness (QED) is 0.215. The predicted molar refractivity (Wildman–Crippen MR) is 142 cm³/mol. The fourth-order valence-electron chi connectivity index (χ4n) is 3.69. The number of hydrogen-bond donors (Lipinski definition) is 4. The number of carbonyl (C=O) groups excluding carboxylic acids is 1. The van der Waals surface area contributed by atoms with E-state index < -0.39 is 0 Å². The first-order valence-corrected chi connectivity index (χ1v) is 11.2. The zero-order valence-electron chi connectivity index (χ0n) is 20.2. The van der Waals surface area contributed by atoms with Crippen LogP contribution in [0.4, 0.5) is 17.2 Å². The van der Waals surface area contributed by atoms with E-state index in [0.717, 1.165) is 21.9 Å². The van der Waals surface area contributed by atoms with Gasteiger partial charge in [-0.15, -0.1) is 0 Å². The average Bonchev–Trinajstić information content (AvgIpc) is 3.29. The Morgan fingerprint density at radius 1 is 1.05 bits per heavy atom. The second kappa shape index (κ2) is 10.5. The van der Waals surface area contributed by atoms with Crippen LogP contribution < -0.4 is 16.8 Å². The Morgan fingerprint density at radius 2 is 1.78 bits per heavy atom. The molecule has 0 saturated heterocycles. The number of hydrogen-bond acceptors (Lipinski definition) is 8. The zero-order valence-corrected chi connectivity index (χ0v) is 20.2. The third-order valence-electron chi connectivity index (χ3n) is 5.60. The second-order valence-electron chi connectivity index (χ2n) is 8.20. The molecule has 0 aliphatic rings. The number of amides is 1. The summed E-state index contributed by atoms with van der Waals surface area (Å²) in [7, 11) is 0. The molecule has 10 nitrogen and oxygen atoms in total.